The van der Waals surface area contributed by atoms with Gasteiger partial charge in [-0.3, -0.25) is 19.2 Å². The van der Waals surface area contributed by atoms with Gasteiger partial charge in [-0.25, -0.2) is 0 Å². The summed E-state index contributed by atoms with van der Waals surface area (Å²) in [5.41, 5.74) is 12.5. The Kier molecular flexibility index (Phi) is 11.3. The molecular formula is C29H39N5O4. The third-order valence-corrected chi connectivity index (χ3v) is 6.98. The van der Waals surface area contributed by atoms with Crippen LogP contribution in [0.4, 0.5) is 0 Å². The predicted octanol–water partition coefficient (Wildman–Crippen LogP) is 1.80. The number of rotatable bonds is 13. The fourth-order valence-corrected chi connectivity index (χ4v) is 4.85. The van der Waals surface area contributed by atoms with Crippen molar-refractivity contribution in [2.24, 2.45) is 17.4 Å². The lowest BCUT2D eigenvalue weighted by atomic mass is 9.84. The molecule has 9 nitrogen and oxygen atoms in total. The molecule has 7 N–H and O–H groups in total. The second-order valence-electron chi connectivity index (χ2n) is 9.84. The lowest BCUT2D eigenvalue weighted by Gasteiger charge is -2.32. The molecule has 1 aliphatic rings. The van der Waals surface area contributed by atoms with Crippen molar-refractivity contribution in [3.05, 3.63) is 71.8 Å². The number of hydrogen-bond acceptors (Lipinski definition) is 5. The fourth-order valence-electron chi connectivity index (χ4n) is 4.85. The summed E-state index contributed by atoms with van der Waals surface area (Å²) in [7, 11) is 0. The zero-order chi connectivity index (χ0) is 27.3. The number of primary amides is 1. The summed E-state index contributed by atoms with van der Waals surface area (Å²) in [4.78, 5) is 51.7. The highest BCUT2D eigenvalue weighted by Crippen LogP contribution is 2.24. The van der Waals surface area contributed by atoms with Gasteiger partial charge < -0.3 is 27.4 Å². The zero-order valence-electron chi connectivity index (χ0n) is 21.7. The highest BCUT2D eigenvalue weighted by molar-refractivity contribution is 5.98. The quantitative estimate of drug-likeness (QED) is 0.254. The molecule has 0 unspecified atom stereocenters. The molecule has 0 radical (unpaired) electrons. The monoisotopic (exact) mass is 521 g/mol. The largest absolute Gasteiger partial charge is 0.369 e. The van der Waals surface area contributed by atoms with Gasteiger partial charge in [-0.1, -0.05) is 61.4 Å². The molecule has 1 fully saturated rings. The van der Waals surface area contributed by atoms with E-state index in [1.807, 2.05) is 36.4 Å². The minimum absolute atomic E-state index is 0.259. The van der Waals surface area contributed by atoms with E-state index in [9.17, 15) is 19.2 Å². The molecule has 4 amide bonds. The first-order valence-corrected chi connectivity index (χ1v) is 13.4. The lowest BCUT2D eigenvalue weighted by molar-refractivity contribution is -0.131. The van der Waals surface area contributed by atoms with Gasteiger partial charge in [-0.2, -0.15) is 0 Å². The molecule has 38 heavy (non-hydrogen) atoms. The summed E-state index contributed by atoms with van der Waals surface area (Å²) in [5.74, 6) is -2.05. The highest BCUT2D eigenvalue weighted by Gasteiger charge is 2.33. The van der Waals surface area contributed by atoms with Crippen molar-refractivity contribution in [2.45, 2.75) is 69.5 Å². The predicted molar refractivity (Wildman–Crippen MR) is 146 cm³/mol. The standard InChI is InChI=1S/C29H39N5O4/c30-18-10-9-17-24(28(37)32-23-16-8-7-15-22(23)26(31)35)33-29(38)25(19-20-11-3-1-4-12-20)34-27(36)21-13-5-2-6-14-21/h1-6,11-14,22-25H,7-10,15-19,30H2,(H2,31,35)(H,32,37)(H,33,38)(H,34,36)/t22-,23-,24+,25+/m1/s1. The number of nitrogens with two attached hydrogens (primary N) is 2. The van der Waals surface area contributed by atoms with E-state index < -0.39 is 29.8 Å². The average molecular weight is 522 g/mol. The summed E-state index contributed by atoms with van der Waals surface area (Å²) in [6.07, 6.45) is 5.05. The lowest BCUT2D eigenvalue weighted by Crippen LogP contribution is -2.57. The van der Waals surface area contributed by atoms with Crippen LogP contribution in [0, 0.1) is 5.92 Å². The molecule has 3 rings (SSSR count). The van der Waals surface area contributed by atoms with Crippen LogP contribution in [-0.4, -0.2) is 48.3 Å². The van der Waals surface area contributed by atoms with E-state index in [1.54, 1.807) is 24.3 Å². The Hall–Kier alpha value is -3.72. The Bertz CT molecular complexity index is 1060. The Labute approximate surface area is 224 Å². The summed E-state index contributed by atoms with van der Waals surface area (Å²) in [5, 5.41) is 8.66. The molecule has 2 aromatic carbocycles. The van der Waals surface area contributed by atoms with E-state index in [2.05, 4.69) is 16.0 Å². The van der Waals surface area contributed by atoms with Crippen molar-refractivity contribution in [2.75, 3.05) is 6.54 Å². The topological polar surface area (TPSA) is 156 Å². The Morgan fingerprint density at radius 1 is 0.816 bits per heavy atom. The van der Waals surface area contributed by atoms with Gasteiger partial charge in [-0.05, 0) is 56.3 Å². The first-order valence-electron chi connectivity index (χ1n) is 13.4. The molecular weight excluding hydrogens is 482 g/mol. The maximum absolute atomic E-state index is 13.5. The van der Waals surface area contributed by atoms with Gasteiger partial charge in [0.25, 0.3) is 5.91 Å². The summed E-state index contributed by atoms with van der Waals surface area (Å²) < 4.78 is 0. The maximum atomic E-state index is 13.5. The van der Waals surface area contributed by atoms with Gasteiger partial charge in [0.1, 0.15) is 12.1 Å². The minimum Gasteiger partial charge on any atom is -0.369 e. The summed E-state index contributed by atoms with van der Waals surface area (Å²) in [6.45, 7) is 0.471. The molecule has 0 heterocycles. The van der Waals surface area contributed by atoms with Crippen LogP contribution in [0.15, 0.2) is 60.7 Å². The third-order valence-electron chi connectivity index (χ3n) is 6.98. The number of nitrogens with one attached hydrogen (secondary N) is 3. The van der Waals surface area contributed by atoms with Crippen LogP contribution < -0.4 is 27.4 Å². The van der Waals surface area contributed by atoms with Crippen molar-refractivity contribution >= 4 is 23.6 Å². The van der Waals surface area contributed by atoms with Crippen LogP contribution in [0.5, 0.6) is 0 Å². The summed E-state index contributed by atoms with van der Waals surface area (Å²) in [6, 6.07) is 15.9. The number of carbonyl (C=O) groups excluding carboxylic acids is 4. The number of unbranched alkanes of at least 4 members (excludes halogenated alkanes) is 1. The van der Waals surface area contributed by atoms with Crippen LogP contribution in [-0.2, 0) is 20.8 Å². The van der Waals surface area contributed by atoms with Crippen molar-refractivity contribution in [1.82, 2.24) is 16.0 Å². The van der Waals surface area contributed by atoms with Crippen LogP contribution in [0.2, 0.25) is 0 Å². The Morgan fingerprint density at radius 2 is 1.47 bits per heavy atom. The van der Waals surface area contributed by atoms with Gasteiger partial charge in [0.05, 0.1) is 5.92 Å². The summed E-state index contributed by atoms with van der Waals surface area (Å²) >= 11 is 0. The van der Waals surface area contributed by atoms with Gasteiger partial charge >= 0.3 is 0 Å². The number of carbonyl (C=O) groups is 4. The van der Waals surface area contributed by atoms with Crippen molar-refractivity contribution in [3.63, 3.8) is 0 Å². The molecule has 0 aliphatic heterocycles. The maximum Gasteiger partial charge on any atom is 0.251 e. The Morgan fingerprint density at radius 3 is 2.13 bits per heavy atom. The molecule has 9 heteroatoms. The van der Waals surface area contributed by atoms with Gasteiger partial charge in [-0.15, -0.1) is 0 Å². The first-order chi connectivity index (χ1) is 18.4. The highest BCUT2D eigenvalue weighted by atomic mass is 16.2. The minimum atomic E-state index is -0.900. The van der Waals surface area contributed by atoms with E-state index in [4.69, 9.17) is 11.5 Å². The van der Waals surface area contributed by atoms with Gasteiger partial charge in [0, 0.05) is 18.0 Å². The Balaban J connectivity index is 1.76. The van der Waals surface area contributed by atoms with Gasteiger partial charge in [0.2, 0.25) is 17.7 Å². The molecule has 0 saturated heterocycles. The normalized spacial score (nSPS) is 18.6. The first kappa shape index (κ1) is 28.8. The molecule has 1 aliphatic carbocycles. The van der Waals surface area contributed by atoms with Crippen molar-refractivity contribution in [3.8, 4) is 0 Å². The van der Waals surface area contributed by atoms with Crippen LogP contribution in [0.25, 0.3) is 0 Å². The SMILES string of the molecule is NCCCC[C@H](NC(=O)[C@H](Cc1ccccc1)NC(=O)c1ccccc1)C(=O)N[C@@H]1CCCC[C@H]1C(N)=O. The number of amides is 4. The number of benzene rings is 2. The van der Waals surface area contributed by atoms with E-state index >= 15 is 0 Å². The molecule has 204 valence electrons. The molecule has 0 bridgehead atoms. The van der Waals surface area contributed by atoms with E-state index in [0.29, 0.717) is 44.2 Å². The second-order valence-corrected chi connectivity index (χ2v) is 9.84. The smallest absolute Gasteiger partial charge is 0.251 e. The molecule has 0 spiro atoms. The zero-order valence-corrected chi connectivity index (χ0v) is 21.7. The van der Waals surface area contributed by atoms with Crippen LogP contribution in [0.1, 0.15) is 60.9 Å². The fraction of sp³-hybridized carbons (Fsp3) is 0.448. The number of hydrogen-bond donors (Lipinski definition) is 5. The second kappa shape index (κ2) is 14.9. The molecule has 4 atom stereocenters. The molecule has 0 aromatic heterocycles. The molecule has 1 saturated carbocycles. The van der Waals surface area contributed by atoms with E-state index in [1.165, 1.54) is 0 Å². The van der Waals surface area contributed by atoms with Gasteiger partial charge in [0.15, 0.2) is 0 Å². The third kappa shape index (κ3) is 8.69. The molecule has 2 aromatic rings. The van der Waals surface area contributed by atoms with Crippen molar-refractivity contribution in [1.29, 1.82) is 0 Å². The van der Waals surface area contributed by atoms with Crippen molar-refractivity contribution < 1.29 is 19.2 Å². The van der Waals surface area contributed by atoms with E-state index in [-0.39, 0.29) is 24.3 Å². The van der Waals surface area contributed by atoms with Crippen LogP contribution in [0.3, 0.4) is 0 Å². The average Bonchev–Trinajstić information content (AvgIpc) is 2.93. The van der Waals surface area contributed by atoms with E-state index in [0.717, 1.165) is 18.4 Å². The van der Waals surface area contributed by atoms with Crippen LogP contribution >= 0.6 is 0 Å².